The number of rotatable bonds is 4. The van der Waals surface area contributed by atoms with Crippen molar-refractivity contribution in [2.24, 2.45) is 11.8 Å². The molecule has 2 fully saturated rings. The van der Waals surface area contributed by atoms with E-state index in [0.717, 1.165) is 5.56 Å². The first-order valence-electron chi connectivity index (χ1n) is 8.03. The molecule has 1 amide bonds. The number of carbonyl (C=O) groups is 1. The smallest absolute Gasteiger partial charge is 0.254 e. The maximum atomic E-state index is 12.9. The SMILES string of the molecule is O=C([C@@H]1OCCO[C@@H]1c1ccccc1)N1C[C@@H](CO)[C@H](CO)C1. The monoisotopic (exact) mass is 321 g/mol. The number of nitrogens with zero attached hydrogens (tertiary/aromatic N) is 1. The van der Waals surface area contributed by atoms with Gasteiger partial charge in [0, 0.05) is 38.1 Å². The summed E-state index contributed by atoms with van der Waals surface area (Å²) in [5, 5.41) is 18.8. The molecule has 2 aliphatic heterocycles. The molecule has 0 spiro atoms. The molecule has 23 heavy (non-hydrogen) atoms. The predicted molar refractivity (Wildman–Crippen MR) is 82.6 cm³/mol. The van der Waals surface area contributed by atoms with E-state index >= 15 is 0 Å². The lowest BCUT2D eigenvalue weighted by Crippen LogP contribution is -2.46. The summed E-state index contributed by atoms with van der Waals surface area (Å²) in [4.78, 5) is 14.5. The van der Waals surface area contributed by atoms with Crippen molar-refractivity contribution in [1.82, 2.24) is 4.90 Å². The van der Waals surface area contributed by atoms with E-state index in [0.29, 0.717) is 26.3 Å². The molecule has 0 unspecified atom stereocenters. The largest absolute Gasteiger partial charge is 0.396 e. The van der Waals surface area contributed by atoms with Gasteiger partial charge >= 0.3 is 0 Å². The molecule has 0 radical (unpaired) electrons. The quantitative estimate of drug-likeness (QED) is 0.828. The molecule has 1 aromatic carbocycles. The van der Waals surface area contributed by atoms with Crippen LogP contribution in [0.2, 0.25) is 0 Å². The van der Waals surface area contributed by atoms with Crippen LogP contribution in [0.25, 0.3) is 0 Å². The minimum Gasteiger partial charge on any atom is -0.396 e. The summed E-state index contributed by atoms with van der Waals surface area (Å²) < 4.78 is 11.5. The highest BCUT2D eigenvalue weighted by molar-refractivity contribution is 5.82. The molecule has 126 valence electrons. The summed E-state index contributed by atoms with van der Waals surface area (Å²) in [7, 11) is 0. The lowest BCUT2D eigenvalue weighted by atomic mass is 9.98. The molecule has 1 aromatic rings. The highest BCUT2D eigenvalue weighted by Gasteiger charge is 2.41. The van der Waals surface area contributed by atoms with Crippen molar-refractivity contribution in [2.75, 3.05) is 39.5 Å². The number of ether oxygens (including phenoxy) is 2. The molecular formula is C17H23NO5. The molecule has 4 atom stereocenters. The summed E-state index contributed by atoms with van der Waals surface area (Å²) in [6, 6.07) is 9.60. The van der Waals surface area contributed by atoms with E-state index < -0.39 is 12.2 Å². The molecule has 2 N–H and O–H groups in total. The fraction of sp³-hybridized carbons (Fsp3) is 0.588. The third kappa shape index (κ3) is 3.40. The van der Waals surface area contributed by atoms with Crippen LogP contribution in [0.15, 0.2) is 30.3 Å². The van der Waals surface area contributed by atoms with Gasteiger partial charge in [0.05, 0.1) is 13.2 Å². The van der Waals surface area contributed by atoms with Gasteiger partial charge in [-0.3, -0.25) is 4.79 Å². The summed E-state index contributed by atoms with van der Waals surface area (Å²) >= 11 is 0. The van der Waals surface area contributed by atoms with Crippen molar-refractivity contribution >= 4 is 5.91 Å². The van der Waals surface area contributed by atoms with Crippen molar-refractivity contribution in [1.29, 1.82) is 0 Å². The van der Waals surface area contributed by atoms with Crippen molar-refractivity contribution < 1.29 is 24.5 Å². The Bertz CT molecular complexity index is 511. The van der Waals surface area contributed by atoms with Crippen LogP contribution in [0.1, 0.15) is 11.7 Å². The van der Waals surface area contributed by atoms with Gasteiger partial charge in [-0.2, -0.15) is 0 Å². The van der Waals surface area contributed by atoms with Crippen molar-refractivity contribution in [3.05, 3.63) is 35.9 Å². The number of aliphatic hydroxyl groups is 2. The number of carbonyl (C=O) groups excluding carboxylic acids is 1. The zero-order valence-electron chi connectivity index (χ0n) is 13.0. The average Bonchev–Trinajstić information content (AvgIpc) is 3.05. The molecule has 6 nitrogen and oxygen atoms in total. The first kappa shape index (κ1) is 16.4. The van der Waals surface area contributed by atoms with Gasteiger partial charge in [-0.1, -0.05) is 30.3 Å². The number of benzene rings is 1. The predicted octanol–water partition coefficient (Wildman–Crippen LogP) is 0.202. The topological polar surface area (TPSA) is 79.2 Å². The lowest BCUT2D eigenvalue weighted by Gasteiger charge is -2.33. The Morgan fingerprint density at radius 2 is 1.65 bits per heavy atom. The summed E-state index contributed by atoms with van der Waals surface area (Å²) in [5.41, 5.74) is 0.919. The van der Waals surface area contributed by atoms with Crippen LogP contribution in [0.3, 0.4) is 0 Å². The maximum absolute atomic E-state index is 12.9. The van der Waals surface area contributed by atoms with Gasteiger partial charge in [0.25, 0.3) is 5.91 Å². The highest BCUT2D eigenvalue weighted by atomic mass is 16.6. The van der Waals surface area contributed by atoms with Crippen molar-refractivity contribution in [3.63, 3.8) is 0 Å². The Morgan fingerprint density at radius 3 is 2.26 bits per heavy atom. The van der Waals surface area contributed by atoms with E-state index in [-0.39, 0.29) is 31.0 Å². The van der Waals surface area contributed by atoms with Gasteiger partial charge in [0.1, 0.15) is 6.10 Å². The number of hydrogen-bond acceptors (Lipinski definition) is 5. The Kier molecular flexibility index (Phi) is 5.27. The van der Waals surface area contributed by atoms with E-state index in [4.69, 9.17) is 9.47 Å². The van der Waals surface area contributed by atoms with Gasteiger partial charge in [-0.15, -0.1) is 0 Å². The zero-order valence-corrected chi connectivity index (χ0v) is 13.0. The first-order chi connectivity index (χ1) is 11.2. The zero-order chi connectivity index (χ0) is 16.2. The van der Waals surface area contributed by atoms with E-state index in [1.807, 2.05) is 30.3 Å². The summed E-state index contributed by atoms with van der Waals surface area (Å²) in [6.07, 6.45) is -1.10. The normalized spacial score (nSPS) is 31.3. The van der Waals surface area contributed by atoms with Gasteiger partial charge in [0.2, 0.25) is 0 Å². The second-order valence-electron chi connectivity index (χ2n) is 6.12. The van der Waals surface area contributed by atoms with Gasteiger partial charge in [-0.25, -0.2) is 0 Å². The minimum absolute atomic E-state index is 0.0286. The molecule has 0 bridgehead atoms. The third-order valence-electron chi connectivity index (χ3n) is 4.68. The number of amides is 1. The first-order valence-corrected chi connectivity index (χ1v) is 8.03. The minimum atomic E-state index is -0.678. The fourth-order valence-electron chi connectivity index (χ4n) is 3.35. The second kappa shape index (κ2) is 7.40. The average molecular weight is 321 g/mol. The highest BCUT2D eigenvalue weighted by Crippen LogP contribution is 2.30. The lowest BCUT2D eigenvalue weighted by molar-refractivity contribution is -0.175. The molecule has 2 aliphatic rings. The van der Waals surface area contributed by atoms with E-state index in [9.17, 15) is 15.0 Å². The number of likely N-dealkylation sites (tertiary alicyclic amines) is 1. The third-order valence-corrected chi connectivity index (χ3v) is 4.68. The molecule has 6 heteroatoms. The molecule has 0 saturated carbocycles. The maximum Gasteiger partial charge on any atom is 0.254 e. The van der Waals surface area contributed by atoms with Crippen LogP contribution in [-0.2, 0) is 14.3 Å². The van der Waals surface area contributed by atoms with E-state index in [1.54, 1.807) is 4.90 Å². The molecule has 0 aliphatic carbocycles. The van der Waals surface area contributed by atoms with Crippen LogP contribution >= 0.6 is 0 Å². The van der Waals surface area contributed by atoms with Gasteiger partial charge < -0.3 is 24.6 Å². The van der Waals surface area contributed by atoms with Crippen molar-refractivity contribution in [3.8, 4) is 0 Å². The van der Waals surface area contributed by atoms with Crippen molar-refractivity contribution in [2.45, 2.75) is 12.2 Å². The summed E-state index contributed by atoms with van der Waals surface area (Å²) in [6.45, 7) is 1.68. The fourth-order valence-corrected chi connectivity index (χ4v) is 3.35. The van der Waals surface area contributed by atoms with Crippen LogP contribution in [0, 0.1) is 11.8 Å². The summed E-state index contributed by atoms with van der Waals surface area (Å²) in [5.74, 6) is -0.291. The van der Waals surface area contributed by atoms with Crippen LogP contribution in [0.4, 0.5) is 0 Å². The van der Waals surface area contributed by atoms with E-state index in [1.165, 1.54) is 0 Å². The van der Waals surface area contributed by atoms with Crippen LogP contribution in [-0.4, -0.2) is 66.6 Å². The Labute approximate surface area is 135 Å². The Balaban J connectivity index is 1.74. The second-order valence-corrected chi connectivity index (χ2v) is 6.12. The molecule has 3 rings (SSSR count). The van der Waals surface area contributed by atoms with E-state index in [2.05, 4.69) is 0 Å². The number of hydrogen-bond donors (Lipinski definition) is 2. The molecule has 2 saturated heterocycles. The van der Waals surface area contributed by atoms with Crippen LogP contribution in [0.5, 0.6) is 0 Å². The standard InChI is InChI=1S/C17H23NO5/c19-10-13-8-18(9-14(13)11-20)17(21)16-15(22-6-7-23-16)12-4-2-1-3-5-12/h1-5,13-16,19-20H,6-11H2/t13-,14-,15+,16+/m0/s1. The Hall–Kier alpha value is -1.47. The molecular weight excluding hydrogens is 298 g/mol. The van der Waals surface area contributed by atoms with Gasteiger partial charge in [0.15, 0.2) is 6.10 Å². The van der Waals surface area contributed by atoms with Gasteiger partial charge in [-0.05, 0) is 5.56 Å². The Morgan fingerprint density at radius 1 is 1.04 bits per heavy atom. The molecule has 0 aromatic heterocycles. The van der Waals surface area contributed by atoms with Crippen LogP contribution < -0.4 is 0 Å². The number of aliphatic hydroxyl groups excluding tert-OH is 2. The molecule has 2 heterocycles.